The van der Waals surface area contributed by atoms with Gasteiger partial charge in [0.15, 0.2) is 0 Å². The molecule has 1 heterocycles. The quantitative estimate of drug-likeness (QED) is 0.883. The summed E-state index contributed by atoms with van der Waals surface area (Å²) in [6.07, 6.45) is 0. The van der Waals surface area contributed by atoms with Crippen molar-refractivity contribution in [1.82, 2.24) is 9.78 Å². The van der Waals surface area contributed by atoms with Crippen molar-refractivity contribution in [1.29, 1.82) is 0 Å². The summed E-state index contributed by atoms with van der Waals surface area (Å²) >= 11 is 0. The summed E-state index contributed by atoms with van der Waals surface area (Å²) in [6.45, 7) is 7.50. The van der Waals surface area contributed by atoms with Crippen LogP contribution in [0.2, 0.25) is 0 Å². The minimum Gasteiger partial charge on any atom is -0.478 e. The van der Waals surface area contributed by atoms with Crippen LogP contribution in [0.15, 0.2) is 18.2 Å². The van der Waals surface area contributed by atoms with Crippen LogP contribution < -0.4 is 0 Å². The molecule has 0 spiro atoms. The van der Waals surface area contributed by atoms with E-state index >= 15 is 0 Å². The summed E-state index contributed by atoms with van der Waals surface area (Å²) in [5, 5.41) is 13.5. The van der Waals surface area contributed by atoms with E-state index in [0.717, 1.165) is 16.8 Å². The molecule has 4 nitrogen and oxygen atoms in total. The van der Waals surface area contributed by atoms with E-state index < -0.39 is 5.97 Å². The summed E-state index contributed by atoms with van der Waals surface area (Å²) in [7, 11) is 0. The number of hydrogen-bond donors (Lipinski definition) is 1. The van der Waals surface area contributed by atoms with Crippen molar-refractivity contribution < 1.29 is 9.90 Å². The number of hydrogen-bond acceptors (Lipinski definition) is 2. The van der Waals surface area contributed by atoms with Crippen LogP contribution in [0.1, 0.15) is 32.9 Å². The lowest BCUT2D eigenvalue weighted by Crippen LogP contribution is -2.04. The highest BCUT2D eigenvalue weighted by molar-refractivity contribution is 5.90. The molecule has 1 aromatic carbocycles. The normalized spacial score (nSPS) is 10.7. The van der Waals surface area contributed by atoms with Crippen LogP contribution in [0.25, 0.3) is 5.69 Å². The van der Waals surface area contributed by atoms with E-state index in [-0.39, 0.29) is 5.56 Å². The van der Waals surface area contributed by atoms with Gasteiger partial charge in [0.25, 0.3) is 0 Å². The van der Waals surface area contributed by atoms with Gasteiger partial charge in [-0.2, -0.15) is 5.10 Å². The maximum Gasteiger partial charge on any atom is 0.339 e. The number of nitrogens with zero attached hydrogens (tertiary/aromatic N) is 2. The predicted octanol–water partition coefficient (Wildman–Crippen LogP) is 2.80. The second-order valence-electron chi connectivity index (χ2n) is 4.55. The molecule has 0 aliphatic rings. The van der Waals surface area contributed by atoms with Gasteiger partial charge in [-0.25, -0.2) is 9.48 Å². The highest BCUT2D eigenvalue weighted by atomic mass is 16.4. The highest BCUT2D eigenvalue weighted by Crippen LogP contribution is 2.21. The van der Waals surface area contributed by atoms with E-state index in [1.165, 1.54) is 0 Å². The average Bonchev–Trinajstić information content (AvgIpc) is 2.57. The second kappa shape index (κ2) is 4.29. The zero-order valence-corrected chi connectivity index (χ0v) is 11.0. The molecule has 2 aromatic rings. The molecule has 0 fully saturated rings. The minimum atomic E-state index is -0.929. The molecule has 0 saturated heterocycles. The zero-order valence-electron chi connectivity index (χ0n) is 11.0. The monoisotopic (exact) mass is 244 g/mol. The van der Waals surface area contributed by atoms with E-state index in [0.29, 0.717) is 11.4 Å². The van der Waals surface area contributed by atoms with Crippen molar-refractivity contribution in [3.63, 3.8) is 0 Å². The molecule has 0 atom stereocenters. The third-order valence-corrected chi connectivity index (χ3v) is 3.10. The van der Waals surface area contributed by atoms with Crippen molar-refractivity contribution in [2.45, 2.75) is 27.7 Å². The lowest BCUT2D eigenvalue weighted by molar-refractivity contribution is 0.0695. The fourth-order valence-electron chi connectivity index (χ4n) is 2.13. The number of aromatic carboxylic acids is 1. The molecule has 0 unspecified atom stereocenters. The highest BCUT2D eigenvalue weighted by Gasteiger charge is 2.19. The van der Waals surface area contributed by atoms with Crippen molar-refractivity contribution in [2.24, 2.45) is 0 Å². The molecule has 0 bridgehead atoms. The van der Waals surface area contributed by atoms with Gasteiger partial charge in [0, 0.05) is 0 Å². The fraction of sp³-hybridized carbons (Fsp3) is 0.286. The van der Waals surface area contributed by atoms with Crippen LogP contribution in [0.5, 0.6) is 0 Å². The van der Waals surface area contributed by atoms with Crippen molar-refractivity contribution in [3.05, 3.63) is 46.3 Å². The van der Waals surface area contributed by atoms with Crippen molar-refractivity contribution >= 4 is 5.97 Å². The van der Waals surface area contributed by atoms with Crippen LogP contribution in [0, 0.1) is 27.7 Å². The van der Waals surface area contributed by atoms with Crippen LogP contribution >= 0.6 is 0 Å². The second-order valence-corrected chi connectivity index (χ2v) is 4.55. The Morgan fingerprint density at radius 2 is 1.89 bits per heavy atom. The van der Waals surface area contributed by atoms with E-state index in [1.807, 2.05) is 32.0 Å². The first-order valence-electron chi connectivity index (χ1n) is 5.79. The van der Waals surface area contributed by atoms with Crippen LogP contribution in [-0.2, 0) is 0 Å². The number of carbonyl (C=O) groups is 1. The van der Waals surface area contributed by atoms with Gasteiger partial charge in [-0.3, -0.25) is 0 Å². The predicted molar refractivity (Wildman–Crippen MR) is 69.5 cm³/mol. The van der Waals surface area contributed by atoms with Gasteiger partial charge in [-0.1, -0.05) is 12.1 Å². The summed E-state index contributed by atoms with van der Waals surface area (Å²) in [4.78, 5) is 11.2. The first-order chi connectivity index (χ1) is 8.41. The SMILES string of the molecule is Cc1ccc(C)c(-n2nc(C)c(C(=O)O)c2C)c1. The Morgan fingerprint density at radius 3 is 2.44 bits per heavy atom. The average molecular weight is 244 g/mol. The van der Waals surface area contributed by atoms with E-state index in [1.54, 1.807) is 18.5 Å². The summed E-state index contributed by atoms with van der Waals surface area (Å²) in [5.74, 6) is -0.929. The Kier molecular flexibility index (Phi) is 2.95. The Balaban J connectivity index is 2.69. The van der Waals surface area contributed by atoms with Gasteiger partial charge in [-0.15, -0.1) is 0 Å². The van der Waals surface area contributed by atoms with Crippen molar-refractivity contribution in [3.8, 4) is 5.69 Å². The largest absolute Gasteiger partial charge is 0.478 e. The third-order valence-electron chi connectivity index (χ3n) is 3.10. The fourth-order valence-corrected chi connectivity index (χ4v) is 2.13. The Bertz CT molecular complexity index is 627. The lowest BCUT2D eigenvalue weighted by Gasteiger charge is -2.09. The number of aromatic nitrogens is 2. The molecular weight excluding hydrogens is 228 g/mol. The van der Waals surface area contributed by atoms with Crippen molar-refractivity contribution in [2.75, 3.05) is 0 Å². The number of aryl methyl sites for hydroxylation is 3. The molecule has 0 aliphatic carbocycles. The van der Waals surface area contributed by atoms with Gasteiger partial charge >= 0.3 is 5.97 Å². The molecule has 1 N–H and O–H groups in total. The Hall–Kier alpha value is -2.10. The maximum absolute atomic E-state index is 11.2. The first kappa shape index (κ1) is 12.4. The lowest BCUT2D eigenvalue weighted by atomic mass is 10.1. The molecule has 0 aliphatic heterocycles. The molecule has 0 saturated carbocycles. The maximum atomic E-state index is 11.2. The topological polar surface area (TPSA) is 55.1 Å². The van der Waals surface area contributed by atoms with Gasteiger partial charge in [0.05, 0.1) is 17.1 Å². The Labute approximate surface area is 106 Å². The minimum absolute atomic E-state index is 0.288. The number of carboxylic acids is 1. The van der Waals surface area contributed by atoms with Gasteiger partial charge in [0.1, 0.15) is 5.56 Å². The molecule has 2 rings (SSSR count). The number of rotatable bonds is 2. The van der Waals surface area contributed by atoms with Gasteiger partial charge in [0.2, 0.25) is 0 Å². The Morgan fingerprint density at radius 1 is 1.22 bits per heavy atom. The number of benzene rings is 1. The van der Waals surface area contributed by atoms with Gasteiger partial charge < -0.3 is 5.11 Å². The summed E-state index contributed by atoms with van der Waals surface area (Å²) < 4.78 is 1.71. The van der Waals surface area contributed by atoms with Crippen LogP contribution in [0.4, 0.5) is 0 Å². The van der Waals surface area contributed by atoms with Crippen LogP contribution in [-0.4, -0.2) is 20.9 Å². The number of carboxylic acid groups (broad SMARTS) is 1. The van der Waals surface area contributed by atoms with Gasteiger partial charge in [-0.05, 0) is 44.9 Å². The first-order valence-corrected chi connectivity index (χ1v) is 5.79. The molecule has 0 radical (unpaired) electrons. The van der Waals surface area contributed by atoms with Crippen LogP contribution in [0.3, 0.4) is 0 Å². The standard InChI is InChI=1S/C14H16N2O2/c1-8-5-6-9(2)12(7-8)16-11(4)13(14(17)18)10(3)15-16/h5-7H,1-4H3,(H,17,18). The molecule has 18 heavy (non-hydrogen) atoms. The molecule has 4 heteroatoms. The molecule has 94 valence electrons. The van der Waals surface area contributed by atoms with E-state index in [4.69, 9.17) is 0 Å². The summed E-state index contributed by atoms with van der Waals surface area (Å²) in [6, 6.07) is 6.06. The zero-order chi connectivity index (χ0) is 13.4. The molecule has 1 aromatic heterocycles. The van der Waals surface area contributed by atoms with E-state index in [2.05, 4.69) is 5.10 Å². The molecular formula is C14H16N2O2. The smallest absolute Gasteiger partial charge is 0.339 e. The van der Waals surface area contributed by atoms with E-state index in [9.17, 15) is 9.90 Å². The third kappa shape index (κ3) is 1.90. The summed E-state index contributed by atoms with van der Waals surface area (Å²) in [5.41, 5.74) is 4.62. The molecule has 0 amide bonds.